The normalized spacial score (nSPS) is 13.8. The molecule has 30 heavy (non-hydrogen) atoms. The van der Waals surface area contributed by atoms with Gasteiger partial charge in [0.2, 0.25) is 0 Å². The van der Waals surface area contributed by atoms with Crippen LogP contribution in [-0.2, 0) is 9.59 Å². The summed E-state index contributed by atoms with van der Waals surface area (Å²) >= 11 is 1.42. The highest BCUT2D eigenvalue weighted by atomic mass is 32.1. The average Bonchev–Trinajstić information content (AvgIpc) is 3.35. The minimum absolute atomic E-state index is 0.267. The fourth-order valence-corrected chi connectivity index (χ4v) is 4.03. The van der Waals surface area contributed by atoms with E-state index in [1.807, 2.05) is 60.8 Å². The van der Waals surface area contributed by atoms with Crippen LogP contribution in [0.1, 0.15) is 4.88 Å². The van der Waals surface area contributed by atoms with E-state index in [1.165, 1.54) is 16.2 Å². The Bertz CT molecular complexity index is 1120. The van der Waals surface area contributed by atoms with Crippen molar-refractivity contribution in [1.29, 1.82) is 0 Å². The van der Waals surface area contributed by atoms with Gasteiger partial charge in [-0.3, -0.25) is 9.59 Å². The van der Waals surface area contributed by atoms with Crippen LogP contribution < -0.4 is 19.9 Å². The summed E-state index contributed by atoms with van der Waals surface area (Å²) in [6.07, 6.45) is 0. The van der Waals surface area contributed by atoms with E-state index in [0.29, 0.717) is 17.0 Å². The van der Waals surface area contributed by atoms with E-state index < -0.39 is 5.91 Å². The van der Waals surface area contributed by atoms with Gasteiger partial charge in [0.25, 0.3) is 11.8 Å². The molecule has 0 unspecified atom stereocenters. The number of carbonyl (C=O) groups excluding carboxylic acids is 2. The van der Waals surface area contributed by atoms with E-state index in [0.717, 1.165) is 16.3 Å². The standard InChI is InChI=1S/C23H21N3O3S/c1-25(2)16-11-9-15(10-12-16)24-21-20(19-8-5-13-30-19)22(27)26(23(21)28)17-6-4-7-18(14-17)29-3/h4-14,24H,1-3H3. The van der Waals surface area contributed by atoms with Crippen molar-refractivity contribution in [3.8, 4) is 5.75 Å². The number of hydrogen-bond donors (Lipinski definition) is 1. The Labute approximate surface area is 179 Å². The summed E-state index contributed by atoms with van der Waals surface area (Å²) in [7, 11) is 5.47. The number of amides is 2. The number of imide groups is 1. The molecule has 0 bridgehead atoms. The van der Waals surface area contributed by atoms with Gasteiger partial charge in [0.05, 0.1) is 18.4 Å². The summed E-state index contributed by atoms with van der Waals surface area (Å²) in [6.45, 7) is 0. The number of hydrogen-bond acceptors (Lipinski definition) is 6. The highest BCUT2D eigenvalue weighted by Gasteiger charge is 2.40. The van der Waals surface area contributed by atoms with Crippen LogP contribution in [0.2, 0.25) is 0 Å². The Morgan fingerprint density at radius 3 is 2.37 bits per heavy atom. The molecule has 0 saturated heterocycles. The average molecular weight is 420 g/mol. The molecule has 152 valence electrons. The Kier molecular flexibility index (Phi) is 5.29. The van der Waals surface area contributed by atoms with Gasteiger partial charge in [0.1, 0.15) is 11.4 Å². The zero-order valence-electron chi connectivity index (χ0n) is 16.9. The van der Waals surface area contributed by atoms with Crippen LogP contribution in [0, 0.1) is 0 Å². The zero-order chi connectivity index (χ0) is 21.3. The molecule has 0 atom stereocenters. The molecule has 6 nitrogen and oxygen atoms in total. The molecule has 1 aromatic heterocycles. The lowest BCUT2D eigenvalue weighted by Crippen LogP contribution is -2.32. The molecule has 2 aromatic carbocycles. The third-order valence-corrected chi connectivity index (χ3v) is 5.70. The van der Waals surface area contributed by atoms with Crippen molar-refractivity contribution in [3.63, 3.8) is 0 Å². The number of nitrogens with zero attached hydrogens (tertiary/aromatic N) is 2. The first-order valence-electron chi connectivity index (χ1n) is 9.35. The topological polar surface area (TPSA) is 61.9 Å². The van der Waals surface area contributed by atoms with Crippen molar-refractivity contribution in [2.75, 3.05) is 36.3 Å². The number of ether oxygens (including phenoxy) is 1. The molecule has 0 fully saturated rings. The second-order valence-electron chi connectivity index (χ2n) is 6.94. The summed E-state index contributed by atoms with van der Waals surface area (Å²) in [4.78, 5) is 30.6. The van der Waals surface area contributed by atoms with Crippen LogP contribution in [0.25, 0.3) is 5.57 Å². The van der Waals surface area contributed by atoms with Crippen molar-refractivity contribution < 1.29 is 14.3 Å². The van der Waals surface area contributed by atoms with Gasteiger partial charge < -0.3 is 15.0 Å². The van der Waals surface area contributed by atoms with Crippen LogP contribution >= 0.6 is 11.3 Å². The van der Waals surface area contributed by atoms with E-state index >= 15 is 0 Å². The number of thiophene rings is 1. The maximum Gasteiger partial charge on any atom is 0.282 e. The van der Waals surface area contributed by atoms with E-state index in [4.69, 9.17) is 4.74 Å². The quantitative estimate of drug-likeness (QED) is 0.606. The molecule has 0 spiro atoms. The fraction of sp³-hybridized carbons (Fsp3) is 0.130. The molecule has 1 aliphatic rings. The zero-order valence-corrected chi connectivity index (χ0v) is 17.7. The lowest BCUT2D eigenvalue weighted by molar-refractivity contribution is -0.120. The Morgan fingerprint density at radius 2 is 1.73 bits per heavy atom. The first-order valence-corrected chi connectivity index (χ1v) is 10.2. The monoisotopic (exact) mass is 419 g/mol. The lowest BCUT2D eigenvalue weighted by Gasteiger charge is -2.16. The predicted octanol–water partition coefficient (Wildman–Crippen LogP) is 4.22. The molecule has 0 radical (unpaired) electrons. The summed E-state index contributed by atoms with van der Waals surface area (Å²) < 4.78 is 5.26. The van der Waals surface area contributed by atoms with Gasteiger partial charge in [-0.1, -0.05) is 12.1 Å². The van der Waals surface area contributed by atoms with Gasteiger partial charge >= 0.3 is 0 Å². The molecular weight excluding hydrogens is 398 g/mol. The van der Waals surface area contributed by atoms with Crippen molar-refractivity contribution in [3.05, 3.63) is 76.6 Å². The minimum atomic E-state index is -0.395. The Hall–Kier alpha value is -3.58. The number of nitrogens with one attached hydrogen (secondary N) is 1. The van der Waals surface area contributed by atoms with Crippen molar-refractivity contribution >= 4 is 45.8 Å². The van der Waals surface area contributed by atoms with E-state index in [-0.39, 0.29) is 11.6 Å². The van der Waals surface area contributed by atoms with Crippen LogP contribution in [0.5, 0.6) is 5.75 Å². The molecule has 0 aliphatic carbocycles. The summed E-state index contributed by atoms with van der Waals surface area (Å²) in [5, 5.41) is 5.07. The molecule has 4 rings (SSSR count). The first-order chi connectivity index (χ1) is 14.5. The number of anilines is 3. The van der Waals surface area contributed by atoms with E-state index in [1.54, 1.807) is 31.4 Å². The van der Waals surface area contributed by atoms with Gasteiger partial charge in [-0.2, -0.15) is 0 Å². The number of benzene rings is 2. The Balaban J connectivity index is 1.74. The maximum atomic E-state index is 13.3. The van der Waals surface area contributed by atoms with Crippen LogP contribution in [-0.4, -0.2) is 33.0 Å². The molecule has 2 heterocycles. The second kappa shape index (κ2) is 8.04. The van der Waals surface area contributed by atoms with Crippen molar-refractivity contribution in [1.82, 2.24) is 0 Å². The lowest BCUT2D eigenvalue weighted by atomic mass is 10.1. The summed E-state index contributed by atoms with van der Waals surface area (Å²) in [5.41, 5.74) is 2.88. The van der Waals surface area contributed by atoms with Crippen molar-refractivity contribution in [2.24, 2.45) is 0 Å². The number of methoxy groups -OCH3 is 1. The molecule has 1 aliphatic heterocycles. The highest BCUT2D eigenvalue weighted by Crippen LogP contribution is 2.36. The second-order valence-corrected chi connectivity index (χ2v) is 7.89. The fourth-order valence-electron chi connectivity index (χ4n) is 3.27. The molecule has 3 aromatic rings. The van der Waals surface area contributed by atoms with Gasteiger partial charge in [-0.15, -0.1) is 11.3 Å². The predicted molar refractivity (Wildman–Crippen MR) is 121 cm³/mol. The molecular formula is C23H21N3O3S. The van der Waals surface area contributed by atoms with Crippen molar-refractivity contribution in [2.45, 2.75) is 0 Å². The SMILES string of the molecule is COc1cccc(N2C(=O)C(Nc3ccc(N(C)C)cc3)=C(c3cccs3)C2=O)c1. The van der Waals surface area contributed by atoms with Gasteiger partial charge in [0, 0.05) is 36.4 Å². The van der Waals surface area contributed by atoms with E-state index in [9.17, 15) is 9.59 Å². The minimum Gasteiger partial charge on any atom is -0.497 e. The number of carbonyl (C=O) groups is 2. The van der Waals surface area contributed by atoms with Gasteiger partial charge in [-0.05, 0) is 47.8 Å². The van der Waals surface area contributed by atoms with Gasteiger partial charge in [-0.25, -0.2) is 4.90 Å². The Morgan fingerprint density at radius 1 is 0.967 bits per heavy atom. The molecule has 2 amide bonds. The number of rotatable bonds is 6. The van der Waals surface area contributed by atoms with Crippen LogP contribution in [0.15, 0.2) is 71.7 Å². The smallest absolute Gasteiger partial charge is 0.282 e. The largest absolute Gasteiger partial charge is 0.497 e. The van der Waals surface area contributed by atoms with Crippen LogP contribution in [0.4, 0.5) is 17.1 Å². The molecule has 0 saturated carbocycles. The molecule has 1 N–H and O–H groups in total. The summed E-state index contributed by atoms with van der Waals surface area (Å²) in [6, 6.07) is 18.3. The third-order valence-electron chi connectivity index (χ3n) is 4.82. The first kappa shape index (κ1) is 19.7. The highest BCUT2D eigenvalue weighted by molar-refractivity contribution is 7.11. The summed E-state index contributed by atoms with van der Waals surface area (Å²) in [5.74, 6) is -0.178. The van der Waals surface area contributed by atoms with Gasteiger partial charge in [0.15, 0.2) is 0 Å². The third kappa shape index (κ3) is 3.55. The van der Waals surface area contributed by atoms with E-state index in [2.05, 4.69) is 5.32 Å². The van der Waals surface area contributed by atoms with Crippen LogP contribution in [0.3, 0.4) is 0 Å². The molecule has 7 heteroatoms. The maximum absolute atomic E-state index is 13.3.